The number of allylic oxidation sites excluding steroid dienone is 1. The molecule has 3 nitrogen and oxygen atoms in total. The molecule has 4 heteroatoms. The molecule has 0 aromatic heterocycles. The van der Waals surface area contributed by atoms with Crippen molar-refractivity contribution in [1.29, 1.82) is 0 Å². The van der Waals surface area contributed by atoms with E-state index in [9.17, 15) is 0 Å². The Morgan fingerprint density at radius 2 is 1.94 bits per heavy atom. The smallest absolute Gasteiger partial charge is 0.193 e. The predicted octanol–water partition coefficient (Wildman–Crippen LogP) is 3.72. The van der Waals surface area contributed by atoms with E-state index in [1.54, 1.807) is 7.11 Å². The van der Waals surface area contributed by atoms with Crippen molar-refractivity contribution in [2.45, 2.75) is 64.0 Å². The summed E-state index contributed by atoms with van der Waals surface area (Å²) in [5.74, 6) is 0. The summed E-state index contributed by atoms with van der Waals surface area (Å²) in [6.07, 6.45) is 6.64. The zero-order valence-electron chi connectivity index (χ0n) is 12.7. The van der Waals surface area contributed by atoms with E-state index in [2.05, 4.69) is 46.0 Å². The molecule has 0 heterocycles. The number of hydrogen-bond donors (Lipinski definition) is 0. The molecule has 106 valence electrons. The van der Waals surface area contributed by atoms with E-state index in [0.717, 1.165) is 12.8 Å². The zero-order valence-corrected chi connectivity index (χ0v) is 13.7. The summed E-state index contributed by atoms with van der Waals surface area (Å²) in [6, 6.07) is 0. The maximum absolute atomic E-state index is 6.42. The Kier molecular flexibility index (Phi) is 5.59. The van der Waals surface area contributed by atoms with Crippen LogP contribution in [0, 0.1) is 0 Å². The SMILES string of the molecule is COCO[C@@H]1CCC=C[C@@H]1O[Si](C)(C)C(C)(C)C. The molecule has 0 radical (unpaired) electrons. The van der Waals surface area contributed by atoms with Crippen molar-refractivity contribution in [3.05, 3.63) is 12.2 Å². The number of hydrogen-bond acceptors (Lipinski definition) is 3. The summed E-state index contributed by atoms with van der Waals surface area (Å²) >= 11 is 0. The van der Waals surface area contributed by atoms with Crippen LogP contribution in [0.25, 0.3) is 0 Å². The minimum absolute atomic E-state index is 0.0785. The Morgan fingerprint density at radius 3 is 2.50 bits per heavy atom. The highest BCUT2D eigenvalue weighted by Gasteiger charge is 2.40. The first-order valence-electron chi connectivity index (χ1n) is 6.73. The molecule has 0 aromatic rings. The molecule has 1 aliphatic rings. The topological polar surface area (TPSA) is 27.7 Å². The Bertz CT molecular complexity index is 281. The molecule has 1 rings (SSSR count). The van der Waals surface area contributed by atoms with Gasteiger partial charge in [0, 0.05) is 7.11 Å². The van der Waals surface area contributed by atoms with E-state index in [1.165, 1.54) is 0 Å². The predicted molar refractivity (Wildman–Crippen MR) is 77.2 cm³/mol. The second-order valence-electron chi connectivity index (χ2n) is 6.46. The normalized spacial score (nSPS) is 25.4. The molecule has 0 fully saturated rings. The van der Waals surface area contributed by atoms with Crippen LogP contribution in [-0.4, -0.2) is 34.4 Å². The van der Waals surface area contributed by atoms with Gasteiger partial charge in [-0.1, -0.05) is 32.9 Å². The van der Waals surface area contributed by atoms with Gasteiger partial charge < -0.3 is 13.9 Å². The lowest BCUT2D eigenvalue weighted by Crippen LogP contribution is -2.47. The Labute approximate surface area is 113 Å². The van der Waals surface area contributed by atoms with Crippen LogP contribution in [0.5, 0.6) is 0 Å². The van der Waals surface area contributed by atoms with Gasteiger partial charge in [-0.3, -0.25) is 0 Å². The van der Waals surface area contributed by atoms with Crippen LogP contribution < -0.4 is 0 Å². The van der Waals surface area contributed by atoms with Crippen molar-refractivity contribution in [2.24, 2.45) is 0 Å². The minimum Gasteiger partial charge on any atom is -0.408 e. The summed E-state index contributed by atoms with van der Waals surface area (Å²) in [7, 11) is -0.0903. The summed E-state index contributed by atoms with van der Waals surface area (Å²) in [4.78, 5) is 0. The van der Waals surface area contributed by atoms with E-state index in [4.69, 9.17) is 13.9 Å². The molecule has 1 aliphatic carbocycles. The Balaban J connectivity index is 2.67. The van der Waals surface area contributed by atoms with Crippen LogP contribution in [0.2, 0.25) is 18.1 Å². The molecule has 0 aromatic carbocycles. The van der Waals surface area contributed by atoms with Crippen LogP contribution in [0.3, 0.4) is 0 Å². The summed E-state index contributed by atoms with van der Waals surface area (Å²) < 4.78 is 17.2. The van der Waals surface area contributed by atoms with Gasteiger partial charge in [0.15, 0.2) is 8.32 Å². The fourth-order valence-corrected chi connectivity index (χ4v) is 3.01. The first-order valence-corrected chi connectivity index (χ1v) is 9.64. The fraction of sp³-hybridized carbons (Fsp3) is 0.857. The van der Waals surface area contributed by atoms with E-state index in [1.807, 2.05) is 0 Å². The summed E-state index contributed by atoms with van der Waals surface area (Å²) in [6.45, 7) is 11.7. The van der Waals surface area contributed by atoms with Crippen molar-refractivity contribution >= 4 is 8.32 Å². The van der Waals surface area contributed by atoms with Crippen molar-refractivity contribution in [1.82, 2.24) is 0 Å². The van der Waals surface area contributed by atoms with Crippen molar-refractivity contribution < 1.29 is 13.9 Å². The van der Waals surface area contributed by atoms with Crippen LogP contribution >= 0.6 is 0 Å². The molecule has 2 atom stereocenters. The molecule has 0 spiro atoms. The van der Waals surface area contributed by atoms with Gasteiger partial charge in [-0.25, -0.2) is 0 Å². The van der Waals surface area contributed by atoms with E-state index >= 15 is 0 Å². The Morgan fingerprint density at radius 1 is 1.28 bits per heavy atom. The second-order valence-corrected chi connectivity index (χ2v) is 11.2. The fourth-order valence-electron chi connectivity index (χ4n) is 1.74. The third-order valence-corrected chi connectivity index (χ3v) is 8.42. The third-order valence-electron chi connectivity index (χ3n) is 3.95. The minimum atomic E-state index is -1.75. The van der Waals surface area contributed by atoms with Gasteiger partial charge in [0.1, 0.15) is 6.79 Å². The number of rotatable bonds is 5. The lowest BCUT2D eigenvalue weighted by molar-refractivity contribution is -0.103. The highest BCUT2D eigenvalue weighted by atomic mass is 28.4. The van der Waals surface area contributed by atoms with Gasteiger partial charge in [-0.05, 0) is 31.0 Å². The van der Waals surface area contributed by atoms with Gasteiger partial charge in [-0.2, -0.15) is 0 Å². The zero-order chi connectivity index (χ0) is 13.8. The molecule has 0 bridgehead atoms. The van der Waals surface area contributed by atoms with Gasteiger partial charge in [0.25, 0.3) is 0 Å². The van der Waals surface area contributed by atoms with E-state index in [0.29, 0.717) is 6.79 Å². The maximum atomic E-state index is 6.42. The largest absolute Gasteiger partial charge is 0.408 e. The first-order chi connectivity index (χ1) is 8.28. The van der Waals surface area contributed by atoms with Gasteiger partial charge in [0.05, 0.1) is 12.2 Å². The lowest BCUT2D eigenvalue weighted by Gasteiger charge is -2.41. The molecular formula is C14H28O3Si. The monoisotopic (exact) mass is 272 g/mol. The number of ether oxygens (including phenoxy) is 2. The number of methoxy groups -OCH3 is 1. The highest BCUT2D eigenvalue weighted by Crippen LogP contribution is 2.38. The Hall–Kier alpha value is -0.163. The summed E-state index contributed by atoms with van der Waals surface area (Å²) in [5, 5.41) is 0.226. The van der Waals surface area contributed by atoms with Crippen LogP contribution in [0.15, 0.2) is 12.2 Å². The average Bonchev–Trinajstić information content (AvgIpc) is 2.26. The van der Waals surface area contributed by atoms with E-state index < -0.39 is 8.32 Å². The molecule has 0 saturated carbocycles. The molecule has 18 heavy (non-hydrogen) atoms. The van der Waals surface area contributed by atoms with Crippen molar-refractivity contribution in [3.8, 4) is 0 Å². The quantitative estimate of drug-likeness (QED) is 0.434. The molecule has 0 unspecified atom stereocenters. The molecule has 0 N–H and O–H groups in total. The summed E-state index contributed by atoms with van der Waals surface area (Å²) in [5.41, 5.74) is 0. The van der Waals surface area contributed by atoms with Crippen LogP contribution in [0.1, 0.15) is 33.6 Å². The van der Waals surface area contributed by atoms with E-state index in [-0.39, 0.29) is 17.2 Å². The maximum Gasteiger partial charge on any atom is 0.193 e. The van der Waals surface area contributed by atoms with Gasteiger partial charge >= 0.3 is 0 Å². The third kappa shape index (κ3) is 4.19. The standard InChI is InChI=1S/C14H28O3Si/c1-14(2,3)18(5,6)17-13-10-8-7-9-12(13)16-11-15-4/h8,10,12-13H,7,9,11H2,1-6H3/t12-,13+/m1/s1. The van der Waals surface area contributed by atoms with Crippen LogP contribution in [0.4, 0.5) is 0 Å². The van der Waals surface area contributed by atoms with Crippen LogP contribution in [-0.2, 0) is 13.9 Å². The highest BCUT2D eigenvalue weighted by molar-refractivity contribution is 6.74. The molecule has 0 aliphatic heterocycles. The molecule has 0 amide bonds. The van der Waals surface area contributed by atoms with Crippen molar-refractivity contribution in [3.63, 3.8) is 0 Å². The second kappa shape index (κ2) is 6.33. The first kappa shape index (κ1) is 15.9. The van der Waals surface area contributed by atoms with Gasteiger partial charge in [-0.15, -0.1) is 0 Å². The van der Waals surface area contributed by atoms with Gasteiger partial charge in [0.2, 0.25) is 0 Å². The van der Waals surface area contributed by atoms with Crippen molar-refractivity contribution in [2.75, 3.05) is 13.9 Å². The molecular weight excluding hydrogens is 244 g/mol. The lowest BCUT2D eigenvalue weighted by atomic mass is 10.0. The average molecular weight is 272 g/mol. The molecule has 0 saturated heterocycles.